The first-order valence-corrected chi connectivity index (χ1v) is 10.5. The molecule has 0 aliphatic carbocycles. The molecular formula is C20H26FNO4S. The van der Waals surface area contributed by atoms with Crippen molar-refractivity contribution in [2.75, 3.05) is 25.5 Å². The smallest absolute Gasteiger partial charge is 0.264 e. The van der Waals surface area contributed by atoms with E-state index in [4.69, 9.17) is 9.29 Å². The number of hydrogen-bond acceptors (Lipinski definition) is 4. The monoisotopic (exact) mass is 395 g/mol. The second-order valence-corrected chi connectivity index (χ2v) is 8.02. The number of rotatable bonds is 12. The zero-order valence-electron chi connectivity index (χ0n) is 15.2. The van der Waals surface area contributed by atoms with Crippen molar-refractivity contribution in [2.45, 2.75) is 25.7 Å². The molecule has 2 rings (SSSR count). The normalized spacial score (nSPS) is 13.0. The second-order valence-electron chi connectivity index (χ2n) is 6.45. The molecule has 0 aliphatic rings. The summed E-state index contributed by atoms with van der Waals surface area (Å²) in [6.45, 7) is 1.45. The van der Waals surface area contributed by atoms with Crippen LogP contribution in [0.5, 0.6) is 0 Å². The minimum Gasteiger partial charge on any atom is -0.378 e. The summed E-state index contributed by atoms with van der Waals surface area (Å²) in [7, 11) is -3.99. The van der Waals surface area contributed by atoms with Gasteiger partial charge in [0.1, 0.15) is 6.17 Å². The molecule has 0 saturated carbocycles. The Morgan fingerprint density at radius 2 is 1.48 bits per heavy atom. The molecule has 148 valence electrons. The minimum atomic E-state index is -3.99. The maximum atomic E-state index is 14.4. The van der Waals surface area contributed by atoms with Crippen LogP contribution in [0.4, 0.5) is 4.39 Å². The number of benzene rings is 2. The Morgan fingerprint density at radius 1 is 0.963 bits per heavy atom. The summed E-state index contributed by atoms with van der Waals surface area (Å²) in [6.07, 6.45) is -1.05. The Bertz CT molecular complexity index is 715. The lowest BCUT2D eigenvalue weighted by Crippen LogP contribution is -2.32. The molecule has 2 aromatic carbocycles. The highest BCUT2D eigenvalue weighted by molar-refractivity contribution is 7.85. The molecule has 0 bridgehead atoms. The molecule has 0 aromatic heterocycles. The van der Waals surface area contributed by atoms with Crippen molar-refractivity contribution in [3.05, 3.63) is 71.8 Å². The van der Waals surface area contributed by atoms with Crippen LogP contribution in [-0.2, 0) is 27.9 Å². The van der Waals surface area contributed by atoms with Crippen LogP contribution in [0.1, 0.15) is 17.5 Å². The molecule has 0 aliphatic heterocycles. The highest BCUT2D eigenvalue weighted by Crippen LogP contribution is 2.12. The van der Waals surface area contributed by atoms with Gasteiger partial charge in [0, 0.05) is 26.2 Å². The molecular weight excluding hydrogens is 369 g/mol. The van der Waals surface area contributed by atoms with E-state index < -0.39 is 16.3 Å². The third-order valence-corrected chi connectivity index (χ3v) is 4.75. The molecule has 0 radical (unpaired) electrons. The second kappa shape index (κ2) is 11.1. The van der Waals surface area contributed by atoms with Gasteiger partial charge in [-0.05, 0) is 17.5 Å². The van der Waals surface area contributed by atoms with Crippen molar-refractivity contribution in [3.63, 3.8) is 0 Å². The van der Waals surface area contributed by atoms with Crippen LogP contribution in [0.15, 0.2) is 60.7 Å². The van der Waals surface area contributed by atoms with Crippen LogP contribution < -0.4 is 0 Å². The quantitative estimate of drug-likeness (QED) is 0.441. The molecule has 1 atom stereocenters. The molecule has 27 heavy (non-hydrogen) atoms. The fourth-order valence-electron chi connectivity index (χ4n) is 2.76. The van der Waals surface area contributed by atoms with Gasteiger partial charge in [0.25, 0.3) is 10.1 Å². The minimum absolute atomic E-state index is 0.0948. The van der Waals surface area contributed by atoms with Gasteiger partial charge in [0.15, 0.2) is 0 Å². The van der Waals surface area contributed by atoms with E-state index in [0.717, 1.165) is 11.1 Å². The lowest BCUT2D eigenvalue weighted by Gasteiger charge is -2.24. The number of hydrogen-bond donors (Lipinski definition) is 1. The predicted molar refractivity (Wildman–Crippen MR) is 104 cm³/mol. The predicted octanol–water partition coefficient (Wildman–Crippen LogP) is 3.32. The molecule has 7 heteroatoms. The highest BCUT2D eigenvalue weighted by Gasteiger charge is 2.15. The van der Waals surface area contributed by atoms with Gasteiger partial charge >= 0.3 is 0 Å². The largest absolute Gasteiger partial charge is 0.378 e. The van der Waals surface area contributed by atoms with Crippen molar-refractivity contribution in [3.8, 4) is 0 Å². The first kappa shape index (κ1) is 21.5. The zero-order chi connectivity index (χ0) is 19.5. The highest BCUT2D eigenvalue weighted by atomic mass is 32.2. The average Bonchev–Trinajstić information content (AvgIpc) is 2.62. The van der Waals surface area contributed by atoms with Crippen molar-refractivity contribution in [2.24, 2.45) is 0 Å². The van der Waals surface area contributed by atoms with Gasteiger partial charge in [-0.1, -0.05) is 60.7 Å². The van der Waals surface area contributed by atoms with Gasteiger partial charge in [0.2, 0.25) is 0 Å². The Hall–Kier alpha value is -1.80. The molecule has 0 fully saturated rings. The van der Waals surface area contributed by atoms with Crippen LogP contribution in [-0.4, -0.2) is 49.6 Å². The van der Waals surface area contributed by atoms with E-state index in [1.165, 1.54) is 0 Å². The topological polar surface area (TPSA) is 66.8 Å². The standard InChI is InChI=1S/C20H26FNO4S/c21-20(17-26-12-7-13-27(23,24)25)16-22(14-18-8-3-1-4-9-18)15-19-10-5-2-6-11-19/h1-6,8-11,20H,7,12-17H2,(H,23,24,25). The molecule has 0 saturated heterocycles. The lowest BCUT2D eigenvalue weighted by molar-refractivity contribution is 0.0585. The first-order chi connectivity index (χ1) is 12.9. The Balaban J connectivity index is 1.84. The van der Waals surface area contributed by atoms with Crippen molar-refractivity contribution >= 4 is 10.1 Å². The van der Waals surface area contributed by atoms with Crippen LogP contribution in [0.25, 0.3) is 0 Å². The van der Waals surface area contributed by atoms with E-state index >= 15 is 0 Å². The van der Waals surface area contributed by atoms with E-state index in [0.29, 0.717) is 13.1 Å². The van der Waals surface area contributed by atoms with Gasteiger partial charge in [-0.3, -0.25) is 9.45 Å². The number of nitrogens with zero attached hydrogens (tertiary/aromatic N) is 1. The summed E-state index contributed by atoms with van der Waals surface area (Å²) < 4.78 is 49.5. The van der Waals surface area contributed by atoms with Crippen LogP contribution in [0.2, 0.25) is 0 Å². The summed E-state index contributed by atoms with van der Waals surface area (Å²) in [6, 6.07) is 19.8. The first-order valence-electron chi connectivity index (χ1n) is 8.89. The lowest BCUT2D eigenvalue weighted by atomic mass is 10.1. The summed E-state index contributed by atoms with van der Waals surface area (Å²) in [4.78, 5) is 2.02. The van der Waals surface area contributed by atoms with Gasteiger partial charge in [-0.2, -0.15) is 8.42 Å². The van der Waals surface area contributed by atoms with E-state index in [-0.39, 0.29) is 31.9 Å². The molecule has 1 N–H and O–H groups in total. The fraction of sp³-hybridized carbons (Fsp3) is 0.400. The summed E-state index contributed by atoms with van der Waals surface area (Å²) in [5.41, 5.74) is 2.21. The average molecular weight is 395 g/mol. The summed E-state index contributed by atoms with van der Waals surface area (Å²) in [5.74, 6) is -0.377. The molecule has 0 amide bonds. The molecule has 1 unspecified atom stereocenters. The van der Waals surface area contributed by atoms with Crippen LogP contribution >= 0.6 is 0 Å². The summed E-state index contributed by atoms with van der Waals surface area (Å²) >= 11 is 0. The SMILES string of the molecule is O=S(=O)(O)CCCOCC(F)CN(Cc1ccccc1)Cc1ccccc1. The summed E-state index contributed by atoms with van der Waals surface area (Å²) in [5, 5.41) is 0. The Kier molecular flexibility index (Phi) is 8.87. The fourth-order valence-corrected chi connectivity index (χ4v) is 3.24. The number of ether oxygens (including phenoxy) is 1. The van der Waals surface area contributed by atoms with Crippen molar-refractivity contribution in [1.29, 1.82) is 0 Å². The van der Waals surface area contributed by atoms with Crippen LogP contribution in [0, 0.1) is 0 Å². The van der Waals surface area contributed by atoms with E-state index in [1.807, 2.05) is 65.6 Å². The van der Waals surface area contributed by atoms with Gasteiger partial charge < -0.3 is 4.74 Å². The van der Waals surface area contributed by atoms with Gasteiger partial charge in [0.05, 0.1) is 12.4 Å². The van der Waals surface area contributed by atoms with Gasteiger partial charge in [-0.15, -0.1) is 0 Å². The Morgan fingerprint density at radius 3 is 1.96 bits per heavy atom. The molecule has 5 nitrogen and oxygen atoms in total. The van der Waals surface area contributed by atoms with Gasteiger partial charge in [-0.25, -0.2) is 4.39 Å². The number of alkyl halides is 1. The molecule has 0 spiro atoms. The Labute approximate surface area is 160 Å². The maximum Gasteiger partial charge on any atom is 0.264 e. The van der Waals surface area contributed by atoms with Crippen LogP contribution in [0.3, 0.4) is 0 Å². The van der Waals surface area contributed by atoms with E-state index in [9.17, 15) is 12.8 Å². The maximum absolute atomic E-state index is 14.4. The van der Waals surface area contributed by atoms with E-state index in [2.05, 4.69) is 0 Å². The van der Waals surface area contributed by atoms with Crippen molar-refractivity contribution < 1.29 is 22.1 Å². The van der Waals surface area contributed by atoms with E-state index in [1.54, 1.807) is 0 Å². The third-order valence-electron chi connectivity index (χ3n) is 3.94. The zero-order valence-corrected chi connectivity index (χ0v) is 16.0. The number of halogens is 1. The molecule has 0 heterocycles. The molecule has 2 aromatic rings. The third kappa shape index (κ3) is 9.63. The van der Waals surface area contributed by atoms with Crippen molar-refractivity contribution in [1.82, 2.24) is 4.90 Å².